The molecule has 11 heteroatoms. The van der Waals surface area contributed by atoms with E-state index in [1.54, 1.807) is 60.7 Å². The smallest absolute Gasteiger partial charge is 0.264 e. The van der Waals surface area contributed by atoms with Crippen LogP contribution >= 0.6 is 23.4 Å². The maximum absolute atomic E-state index is 14.4. The third-order valence-corrected chi connectivity index (χ3v) is 10.9. The summed E-state index contributed by atoms with van der Waals surface area (Å²) in [5, 5.41) is 3.62. The van der Waals surface area contributed by atoms with E-state index in [0.29, 0.717) is 35.1 Å². The Kier molecular flexibility index (Phi) is 12.6. The van der Waals surface area contributed by atoms with Crippen molar-refractivity contribution in [1.29, 1.82) is 0 Å². The second-order valence-electron chi connectivity index (χ2n) is 11.0. The number of thioether (sulfide) groups is 1. The molecule has 242 valence electrons. The molecule has 3 aromatic carbocycles. The lowest BCUT2D eigenvalue weighted by Gasteiger charge is -2.34. The van der Waals surface area contributed by atoms with Crippen LogP contribution in [-0.4, -0.2) is 56.6 Å². The molecular weight excluding hydrogens is 630 g/mol. The molecule has 1 fully saturated rings. The molecule has 0 aliphatic heterocycles. The van der Waals surface area contributed by atoms with E-state index in [0.717, 1.165) is 41.3 Å². The van der Waals surface area contributed by atoms with E-state index in [-0.39, 0.29) is 23.4 Å². The van der Waals surface area contributed by atoms with Crippen molar-refractivity contribution in [1.82, 2.24) is 10.2 Å². The maximum Gasteiger partial charge on any atom is 0.264 e. The number of sulfonamides is 1. The molecule has 4 rings (SSSR count). The molecule has 0 spiro atoms. The number of nitrogens with one attached hydrogen (secondary N) is 1. The highest BCUT2D eigenvalue weighted by atomic mass is 35.5. The average Bonchev–Trinajstić information content (AvgIpc) is 3.05. The van der Waals surface area contributed by atoms with E-state index in [4.69, 9.17) is 16.3 Å². The third-order valence-electron chi connectivity index (χ3n) is 8.00. The predicted molar refractivity (Wildman–Crippen MR) is 181 cm³/mol. The van der Waals surface area contributed by atoms with Gasteiger partial charge < -0.3 is 15.0 Å². The minimum Gasteiger partial charge on any atom is -0.494 e. The van der Waals surface area contributed by atoms with Crippen LogP contribution in [0, 0.1) is 0 Å². The first-order valence-electron chi connectivity index (χ1n) is 15.4. The fourth-order valence-corrected chi connectivity index (χ4v) is 7.57. The number of anilines is 1. The molecule has 3 aromatic rings. The topological polar surface area (TPSA) is 96.0 Å². The van der Waals surface area contributed by atoms with Gasteiger partial charge in [0.25, 0.3) is 10.0 Å². The Labute approximate surface area is 276 Å². The maximum atomic E-state index is 14.4. The van der Waals surface area contributed by atoms with E-state index >= 15 is 0 Å². The lowest BCUT2D eigenvalue weighted by atomic mass is 9.95. The van der Waals surface area contributed by atoms with Crippen LogP contribution in [0.25, 0.3) is 0 Å². The molecule has 2 amide bonds. The molecule has 1 N–H and O–H groups in total. The number of carbonyl (C=O) groups excluding carboxylic acids is 2. The molecule has 0 saturated heterocycles. The zero-order valence-corrected chi connectivity index (χ0v) is 28.5. The van der Waals surface area contributed by atoms with Crippen LogP contribution in [-0.2, 0) is 26.2 Å². The van der Waals surface area contributed by atoms with E-state index < -0.39 is 28.5 Å². The Bertz CT molecular complexity index is 1530. The lowest BCUT2D eigenvalue weighted by Crippen LogP contribution is -2.54. The zero-order valence-electron chi connectivity index (χ0n) is 26.1. The van der Waals surface area contributed by atoms with Gasteiger partial charge in [-0.2, -0.15) is 0 Å². The van der Waals surface area contributed by atoms with Gasteiger partial charge in [0.05, 0.1) is 17.2 Å². The molecule has 8 nitrogen and oxygen atoms in total. The largest absolute Gasteiger partial charge is 0.494 e. The number of benzene rings is 3. The summed E-state index contributed by atoms with van der Waals surface area (Å²) in [6.45, 7) is 3.71. The Balaban J connectivity index is 1.72. The SMILES string of the molecule is CCOc1ccc(N(CC(=O)N(Cc2ccccc2Cl)[C@H](CC)C(=O)NC2CCCCC2)S(=O)(=O)c2ccc(SC)cc2)cc1. The second kappa shape index (κ2) is 16.4. The molecule has 45 heavy (non-hydrogen) atoms. The van der Waals surface area contributed by atoms with Gasteiger partial charge in [0.1, 0.15) is 18.3 Å². The van der Waals surface area contributed by atoms with Crippen molar-refractivity contribution in [3.8, 4) is 5.75 Å². The van der Waals surface area contributed by atoms with E-state index in [1.807, 2.05) is 32.2 Å². The van der Waals surface area contributed by atoms with Crippen LogP contribution in [0.2, 0.25) is 5.02 Å². The van der Waals surface area contributed by atoms with Crippen LogP contribution in [0.3, 0.4) is 0 Å². The number of amides is 2. The van der Waals surface area contributed by atoms with Crippen LogP contribution < -0.4 is 14.4 Å². The number of hydrogen-bond donors (Lipinski definition) is 1. The van der Waals surface area contributed by atoms with Gasteiger partial charge in [-0.05, 0) is 92.6 Å². The highest BCUT2D eigenvalue weighted by molar-refractivity contribution is 7.98. The summed E-state index contributed by atoms with van der Waals surface area (Å²) in [4.78, 5) is 30.5. The fraction of sp³-hybridized carbons (Fsp3) is 0.412. The molecule has 0 unspecified atom stereocenters. The van der Waals surface area contributed by atoms with Crippen molar-refractivity contribution in [3.05, 3.63) is 83.4 Å². The van der Waals surface area contributed by atoms with Gasteiger partial charge in [-0.15, -0.1) is 11.8 Å². The minimum absolute atomic E-state index is 0.0503. The van der Waals surface area contributed by atoms with Gasteiger partial charge >= 0.3 is 0 Å². The summed E-state index contributed by atoms with van der Waals surface area (Å²) in [5.41, 5.74) is 0.970. The summed E-state index contributed by atoms with van der Waals surface area (Å²) in [6, 6.07) is 19.6. The number of halogens is 1. The Hall–Kier alpha value is -3.21. The normalized spacial score (nSPS) is 14.4. The zero-order chi connectivity index (χ0) is 32.4. The molecule has 0 bridgehead atoms. The first kappa shape index (κ1) is 34.7. The summed E-state index contributed by atoms with van der Waals surface area (Å²) >= 11 is 8.02. The summed E-state index contributed by atoms with van der Waals surface area (Å²) in [5.74, 6) is -0.174. The van der Waals surface area contributed by atoms with Gasteiger partial charge in [-0.3, -0.25) is 13.9 Å². The molecule has 1 aliphatic carbocycles. The molecule has 1 atom stereocenters. The summed E-state index contributed by atoms with van der Waals surface area (Å²) in [6.07, 6.45) is 7.32. The van der Waals surface area contributed by atoms with Gasteiger partial charge in [-0.1, -0.05) is 56.0 Å². The highest BCUT2D eigenvalue weighted by Crippen LogP contribution is 2.29. The van der Waals surface area contributed by atoms with E-state index in [1.165, 1.54) is 16.7 Å². The molecular formula is C34H42ClN3O5S2. The average molecular weight is 672 g/mol. The van der Waals surface area contributed by atoms with Crippen molar-refractivity contribution < 1.29 is 22.7 Å². The van der Waals surface area contributed by atoms with E-state index in [2.05, 4.69) is 5.32 Å². The highest BCUT2D eigenvalue weighted by Gasteiger charge is 2.34. The van der Waals surface area contributed by atoms with Gasteiger partial charge in [0.15, 0.2) is 0 Å². The number of hydrogen-bond acceptors (Lipinski definition) is 6. The Morgan fingerprint density at radius 3 is 2.24 bits per heavy atom. The quantitative estimate of drug-likeness (QED) is 0.187. The predicted octanol–water partition coefficient (Wildman–Crippen LogP) is 6.91. The number of ether oxygens (including phenoxy) is 1. The van der Waals surface area contributed by atoms with Gasteiger partial charge in [0.2, 0.25) is 11.8 Å². The molecule has 0 radical (unpaired) electrons. The van der Waals surface area contributed by atoms with E-state index in [9.17, 15) is 18.0 Å². The van der Waals surface area contributed by atoms with Gasteiger partial charge in [0, 0.05) is 22.5 Å². The monoisotopic (exact) mass is 671 g/mol. The molecule has 1 saturated carbocycles. The molecule has 0 aromatic heterocycles. The minimum atomic E-state index is -4.18. The summed E-state index contributed by atoms with van der Waals surface area (Å²) < 4.78 is 35.0. The van der Waals surface area contributed by atoms with Crippen LogP contribution in [0.4, 0.5) is 5.69 Å². The van der Waals surface area contributed by atoms with Crippen LogP contribution in [0.15, 0.2) is 82.6 Å². The number of rotatable bonds is 14. The Morgan fingerprint density at radius 2 is 1.64 bits per heavy atom. The van der Waals surface area contributed by atoms with Crippen LogP contribution in [0.1, 0.15) is 57.9 Å². The first-order chi connectivity index (χ1) is 21.7. The van der Waals surface area contributed by atoms with Crippen LogP contribution in [0.5, 0.6) is 5.75 Å². The summed E-state index contributed by atoms with van der Waals surface area (Å²) in [7, 11) is -4.18. The Morgan fingerprint density at radius 1 is 0.978 bits per heavy atom. The number of nitrogens with zero attached hydrogens (tertiary/aromatic N) is 2. The van der Waals surface area contributed by atoms with Crippen molar-refractivity contribution in [3.63, 3.8) is 0 Å². The molecule has 1 aliphatic rings. The van der Waals surface area contributed by atoms with Crippen molar-refractivity contribution in [2.24, 2.45) is 0 Å². The fourth-order valence-electron chi connectivity index (χ4n) is 5.55. The first-order valence-corrected chi connectivity index (χ1v) is 18.4. The lowest BCUT2D eigenvalue weighted by molar-refractivity contribution is -0.140. The second-order valence-corrected chi connectivity index (χ2v) is 14.1. The van der Waals surface area contributed by atoms with Gasteiger partial charge in [-0.25, -0.2) is 8.42 Å². The van der Waals surface area contributed by atoms with Crippen molar-refractivity contribution in [2.45, 2.75) is 80.8 Å². The van der Waals surface area contributed by atoms with Crippen molar-refractivity contribution >= 4 is 50.9 Å². The molecule has 0 heterocycles. The third kappa shape index (κ3) is 8.95. The number of carbonyl (C=O) groups is 2. The standard InChI is InChI=1S/C34H42ClN3O5S2/c1-4-32(34(40)36-26-12-7-6-8-13-26)37(23-25-11-9-10-14-31(25)35)33(39)24-38(27-15-17-28(18-16-27)43-5-2)45(41,42)30-21-19-29(44-3)20-22-30/h9-11,14-22,26,32H,4-8,12-13,23-24H2,1-3H3,(H,36,40)/t32-/m1/s1. The van der Waals surface area contributed by atoms with Crippen molar-refractivity contribution in [2.75, 3.05) is 23.7 Å².